The lowest BCUT2D eigenvalue weighted by atomic mass is 9.97. The largest absolute Gasteiger partial charge is 0.481 e. The number of carboxylic acids is 1. The average Bonchev–Trinajstić information content (AvgIpc) is 2.88. The minimum absolute atomic E-state index is 0.114. The normalized spacial score (nSPS) is 12.3. The Labute approximate surface area is 230 Å². The Hall–Kier alpha value is -1.32. The molecule has 4 nitrogen and oxygen atoms in total. The van der Waals surface area contributed by atoms with E-state index in [1.165, 1.54) is 128 Å². The number of ether oxygens (including phenoxy) is 1. The van der Waals surface area contributed by atoms with Crippen molar-refractivity contribution in [1.82, 2.24) is 0 Å². The molecule has 4 heteroatoms. The van der Waals surface area contributed by atoms with Crippen molar-refractivity contribution in [3.8, 4) is 0 Å². The standard InChI is InChI=1S/C33H62O4/c1-3-5-6-7-8-9-10-11-12-13-14-15-16-17-18-19-20-21-22-23-24-25-26-27-28-31(30-32(34)35)33(36)37-29-4-2/h16-17,31H,3-15,18-30H2,1-2H3,(H,34,35)/b17-16+. The minimum Gasteiger partial charge on any atom is -0.481 e. The maximum atomic E-state index is 12.0. The minimum atomic E-state index is -0.918. The predicted molar refractivity (Wildman–Crippen MR) is 158 cm³/mol. The van der Waals surface area contributed by atoms with Gasteiger partial charge >= 0.3 is 11.9 Å². The summed E-state index contributed by atoms with van der Waals surface area (Å²) in [6, 6.07) is 0. The van der Waals surface area contributed by atoms with Gasteiger partial charge in [-0.25, -0.2) is 0 Å². The summed E-state index contributed by atoms with van der Waals surface area (Å²) in [7, 11) is 0. The van der Waals surface area contributed by atoms with Crippen LogP contribution in [0.2, 0.25) is 0 Å². The molecule has 0 rings (SSSR count). The quantitative estimate of drug-likeness (QED) is 0.0602. The van der Waals surface area contributed by atoms with Crippen molar-refractivity contribution in [2.45, 2.75) is 174 Å². The van der Waals surface area contributed by atoms with E-state index in [9.17, 15) is 9.59 Å². The Morgan fingerprint density at radius 1 is 0.595 bits per heavy atom. The summed E-state index contributed by atoms with van der Waals surface area (Å²) in [5.41, 5.74) is 0. The lowest BCUT2D eigenvalue weighted by molar-refractivity contribution is -0.153. The van der Waals surface area contributed by atoms with Gasteiger partial charge in [-0.2, -0.15) is 0 Å². The van der Waals surface area contributed by atoms with E-state index in [1.807, 2.05) is 6.92 Å². The lowest BCUT2D eigenvalue weighted by Gasteiger charge is -2.13. The van der Waals surface area contributed by atoms with E-state index >= 15 is 0 Å². The molecule has 0 aliphatic rings. The van der Waals surface area contributed by atoms with Crippen LogP contribution in [0.4, 0.5) is 0 Å². The van der Waals surface area contributed by atoms with E-state index in [1.54, 1.807) is 0 Å². The molecule has 0 aromatic rings. The highest BCUT2D eigenvalue weighted by molar-refractivity contribution is 5.79. The Morgan fingerprint density at radius 2 is 1.00 bits per heavy atom. The fourth-order valence-electron chi connectivity index (χ4n) is 4.89. The van der Waals surface area contributed by atoms with Crippen LogP contribution in [-0.2, 0) is 14.3 Å². The van der Waals surface area contributed by atoms with Crippen molar-refractivity contribution in [3.05, 3.63) is 12.2 Å². The molecule has 0 saturated carbocycles. The number of hydrogen-bond acceptors (Lipinski definition) is 3. The number of rotatable bonds is 29. The Balaban J connectivity index is 3.39. The lowest BCUT2D eigenvalue weighted by Crippen LogP contribution is -2.21. The first-order valence-corrected chi connectivity index (χ1v) is 16.1. The first-order chi connectivity index (χ1) is 18.1. The van der Waals surface area contributed by atoms with Crippen molar-refractivity contribution in [2.75, 3.05) is 6.61 Å². The van der Waals surface area contributed by atoms with Crippen LogP contribution in [0.5, 0.6) is 0 Å². The second-order valence-corrected chi connectivity index (χ2v) is 11.0. The highest BCUT2D eigenvalue weighted by Gasteiger charge is 2.22. The Morgan fingerprint density at radius 3 is 1.41 bits per heavy atom. The third kappa shape index (κ3) is 27.5. The number of unbranched alkanes of at least 4 members (excludes halogenated alkanes) is 20. The second-order valence-electron chi connectivity index (χ2n) is 11.0. The molecular weight excluding hydrogens is 460 g/mol. The van der Waals surface area contributed by atoms with Crippen LogP contribution in [0.15, 0.2) is 12.2 Å². The van der Waals surface area contributed by atoms with Gasteiger partial charge in [-0.15, -0.1) is 0 Å². The van der Waals surface area contributed by atoms with Gasteiger partial charge < -0.3 is 9.84 Å². The summed E-state index contributed by atoms with van der Waals surface area (Å²) in [5, 5.41) is 9.03. The van der Waals surface area contributed by atoms with Crippen LogP contribution >= 0.6 is 0 Å². The van der Waals surface area contributed by atoms with Crippen LogP contribution in [0.3, 0.4) is 0 Å². The number of allylic oxidation sites excluding steroid dienone is 2. The van der Waals surface area contributed by atoms with E-state index < -0.39 is 11.9 Å². The Bertz CT molecular complexity index is 528. The van der Waals surface area contributed by atoms with Crippen LogP contribution in [0.1, 0.15) is 174 Å². The molecule has 0 heterocycles. The maximum Gasteiger partial charge on any atom is 0.309 e. The molecule has 0 spiro atoms. The molecule has 0 bridgehead atoms. The van der Waals surface area contributed by atoms with Gasteiger partial charge in [-0.1, -0.05) is 142 Å². The smallest absolute Gasteiger partial charge is 0.309 e. The van der Waals surface area contributed by atoms with Crippen molar-refractivity contribution >= 4 is 11.9 Å². The van der Waals surface area contributed by atoms with E-state index in [0.29, 0.717) is 13.0 Å². The summed E-state index contributed by atoms with van der Waals surface area (Å²) in [5.74, 6) is -1.75. The molecule has 37 heavy (non-hydrogen) atoms. The molecular formula is C33H62O4. The molecule has 0 aliphatic carbocycles. The van der Waals surface area contributed by atoms with Gasteiger partial charge in [0.2, 0.25) is 0 Å². The molecule has 0 amide bonds. The first-order valence-electron chi connectivity index (χ1n) is 16.1. The van der Waals surface area contributed by atoms with Gasteiger partial charge in [0.05, 0.1) is 18.9 Å². The SMILES string of the molecule is CCCCCCCCCCCCC/C=C/CCCCCCCCCCCC(CC(=O)O)C(=O)OCCC. The number of aliphatic carboxylic acids is 1. The van der Waals surface area contributed by atoms with E-state index in [4.69, 9.17) is 9.84 Å². The van der Waals surface area contributed by atoms with Crippen LogP contribution in [0, 0.1) is 5.92 Å². The molecule has 218 valence electrons. The third-order valence-electron chi connectivity index (χ3n) is 7.27. The van der Waals surface area contributed by atoms with E-state index in [0.717, 1.165) is 19.3 Å². The summed E-state index contributed by atoms with van der Waals surface area (Å²) in [6.45, 7) is 4.61. The molecule has 1 N–H and O–H groups in total. The molecule has 0 fully saturated rings. The summed E-state index contributed by atoms with van der Waals surface area (Å²) < 4.78 is 5.15. The summed E-state index contributed by atoms with van der Waals surface area (Å²) >= 11 is 0. The second kappa shape index (κ2) is 29.2. The molecule has 1 atom stereocenters. The van der Waals surface area contributed by atoms with E-state index in [-0.39, 0.29) is 12.4 Å². The van der Waals surface area contributed by atoms with E-state index in [2.05, 4.69) is 19.1 Å². The average molecular weight is 523 g/mol. The first kappa shape index (κ1) is 35.7. The summed E-state index contributed by atoms with van der Waals surface area (Å²) in [4.78, 5) is 23.0. The number of hydrogen-bond donors (Lipinski definition) is 1. The van der Waals surface area contributed by atoms with Gasteiger partial charge in [0, 0.05) is 0 Å². The Kier molecular flexibility index (Phi) is 28.2. The highest BCUT2D eigenvalue weighted by atomic mass is 16.5. The zero-order valence-corrected chi connectivity index (χ0v) is 24.8. The molecule has 0 aromatic carbocycles. The van der Waals surface area contributed by atoms with Gasteiger partial charge in [0.15, 0.2) is 0 Å². The van der Waals surface area contributed by atoms with Crippen LogP contribution < -0.4 is 0 Å². The van der Waals surface area contributed by atoms with Gasteiger partial charge in [-0.05, 0) is 38.5 Å². The molecule has 0 saturated heterocycles. The predicted octanol–water partition coefficient (Wildman–Crippen LogP) is 10.6. The van der Waals surface area contributed by atoms with Crippen molar-refractivity contribution in [1.29, 1.82) is 0 Å². The number of carbonyl (C=O) groups excluding carboxylic acids is 1. The monoisotopic (exact) mass is 522 g/mol. The zero-order chi connectivity index (χ0) is 27.2. The molecule has 1 unspecified atom stereocenters. The van der Waals surface area contributed by atoms with Gasteiger partial charge in [0.1, 0.15) is 0 Å². The van der Waals surface area contributed by atoms with Gasteiger partial charge in [-0.3, -0.25) is 9.59 Å². The van der Waals surface area contributed by atoms with Gasteiger partial charge in [0.25, 0.3) is 0 Å². The fourth-order valence-corrected chi connectivity index (χ4v) is 4.89. The fraction of sp³-hybridized carbons (Fsp3) is 0.879. The zero-order valence-electron chi connectivity index (χ0n) is 24.8. The van der Waals surface area contributed by atoms with Crippen LogP contribution in [0.25, 0.3) is 0 Å². The highest BCUT2D eigenvalue weighted by Crippen LogP contribution is 2.18. The third-order valence-corrected chi connectivity index (χ3v) is 7.27. The number of carbonyl (C=O) groups is 2. The number of carboxylic acid groups (broad SMARTS) is 1. The van der Waals surface area contributed by atoms with Crippen LogP contribution in [-0.4, -0.2) is 23.7 Å². The van der Waals surface area contributed by atoms with Crippen molar-refractivity contribution in [2.24, 2.45) is 5.92 Å². The van der Waals surface area contributed by atoms with Crippen molar-refractivity contribution < 1.29 is 19.4 Å². The maximum absolute atomic E-state index is 12.0. The topological polar surface area (TPSA) is 63.6 Å². The summed E-state index contributed by atoms with van der Waals surface area (Å²) in [6.07, 6.45) is 35.1. The molecule has 0 aliphatic heterocycles. The molecule has 0 aromatic heterocycles. The number of esters is 1. The van der Waals surface area contributed by atoms with Crippen molar-refractivity contribution in [3.63, 3.8) is 0 Å². The molecule has 0 radical (unpaired) electrons.